The smallest absolute Gasteiger partial charge is 0.377 e. The van der Waals surface area contributed by atoms with Crippen molar-refractivity contribution in [3.63, 3.8) is 0 Å². The fraction of sp³-hybridized carbons (Fsp3) is 0.562. The maximum absolute atomic E-state index is 12.8. The lowest BCUT2D eigenvalue weighted by Gasteiger charge is -2.16. The van der Waals surface area contributed by atoms with Gasteiger partial charge in [-0.3, -0.25) is 0 Å². The molecule has 1 aromatic heterocycles. The highest BCUT2D eigenvalue weighted by Gasteiger charge is 2.31. The van der Waals surface area contributed by atoms with Crippen LogP contribution < -0.4 is 5.32 Å². The van der Waals surface area contributed by atoms with Crippen LogP contribution in [0.4, 0.5) is 13.2 Å². The van der Waals surface area contributed by atoms with E-state index in [4.69, 9.17) is 4.74 Å². The fourth-order valence-electron chi connectivity index (χ4n) is 2.99. The van der Waals surface area contributed by atoms with E-state index in [1.807, 2.05) is 18.5 Å². The molecule has 7 heteroatoms. The second-order valence-electron chi connectivity index (χ2n) is 6.00. The molecule has 2 heterocycles. The Kier molecular flexibility index (Phi) is 4.33. The number of hydrogen-bond donors (Lipinski definition) is 1. The molecule has 4 nitrogen and oxygen atoms in total. The van der Waals surface area contributed by atoms with Crippen LogP contribution in [0.3, 0.4) is 0 Å². The summed E-state index contributed by atoms with van der Waals surface area (Å²) in [5, 5.41) is 3.36. The number of rotatable bonds is 4. The summed E-state index contributed by atoms with van der Waals surface area (Å²) in [5.74, 6) is 0.720. The van der Waals surface area contributed by atoms with E-state index in [-0.39, 0.29) is 12.1 Å². The Morgan fingerprint density at radius 2 is 2.22 bits per heavy atom. The number of imidazole rings is 1. The monoisotopic (exact) mass is 327 g/mol. The van der Waals surface area contributed by atoms with Gasteiger partial charge in [0.2, 0.25) is 0 Å². The van der Waals surface area contributed by atoms with Crippen LogP contribution in [0.15, 0.2) is 18.2 Å². The number of benzene rings is 1. The number of ether oxygens (including phenoxy) is 1. The van der Waals surface area contributed by atoms with Crippen molar-refractivity contribution in [1.82, 2.24) is 14.9 Å². The van der Waals surface area contributed by atoms with Gasteiger partial charge in [-0.15, -0.1) is 0 Å². The third-order valence-electron chi connectivity index (χ3n) is 4.31. The molecule has 23 heavy (non-hydrogen) atoms. The van der Waals surface area contributed by atoms with Crippen molar-refractivity contribution in [2.24, 2.45) is 7.05 Å². The van der Waals surface area contributed by atoms with Gasteiger partial charge in [-0.05, 0) is 38.0 Å². The van der Waals surface area contributed by atoms with Crippen LogP contribution in [0, 0.1) is 0 Å². The number of aryl methyl sites for hydroxylation is 1. The van der Waals surface area contributed by atoms with Gasteiger partial charge in [0.15, 0.2) is 0 Å². The van der Waals surface area contributed by atoms with Crippen LogP contribution in [0.25, 0.3) is 11.0 Å². The maximum Gasteiger partial charge on any atom is 0.416 e. The second-order valence-corrected chi connectivity index (χ2v) is 6.00. The Balaban J connectivity index is 1.81. The number of aromatic nitrogens is 2. The quantitative estimate of drug-likeness (QED) is 0.935. The first-order valence-electron chi connectivity index (χ1n) is 7.75. The molecule has 2 aromatic rings. The van der Waals surface area contributed by atoms with Crippen molar-refractivity contribution >= 4 is 11.0 Å². The van der Waals surface area contributed by atoms with E-state index in [1.54, 1.807) is 0 Å². The van der Waals surface area contributed by atoms with Crippen molar-refractivity contribution in [1.29, 1.82) is 0 Å². The summed E-state index contributed by atoms with van der Waals surface area (Å²) in [6.07, 6.45) is -2.02. The molecule has 0 amide bonds. The number of halogens is 3. The number of nitrogens with zero attached hydrogens (tertiary/aromatic N) is 2. The minimum Gasteiger partial charge on any atom is -0.377 e. The number of fused-ring (bicyclic) bond motifs is 1. The predicted octanol–water partition coefficient (Wildman–Crippen LogP) is 3.42. The lowest BCUT2D eigenvalue weighted by atomic mass is 10.2. The minimum absolute atomic E-state index is 0.0639. The molecule has 0 radical (unpaired) electrons. The molecule has 1 saturated heterocycles. The molecule has 1 aromatic carbocycles. The highest BCUT2D eigenvalue weighted by atomic mass is 19.4. The van der Waals surface area contributed by atoms with Crippen LogP contribution in [-0.2, 0) is 18.0 Å². The average Bonchev–Trinajstić information content (AvgIpc) is 3.12. The SMILES string of the molecule is C[C@H](NC[C@H]1CCCO1)c1nc2cc(C(F)(F)F)ccc2n1C. The first-order valence-corrected chi connectivity index (χ1v) is 7.75. The summed E-state index contributed by atoms with van der Waals surface area (Å²) in [5.41, 5.74) is 0.386. The van der Waals surface area contributed by atoms with E-state index < -0.39 is 11.7 Å². The molecule has 0 spiro atoms. The van der Waals surface area contributed by atoms with Gasteiger partial charge in [0, 0.05) is 20.2 Å². The largest absolute Gasteiger partial charge is 0.416 e. The summed E-state index contributed by atoms with van der Waals surface area (Å²) >= 11 is 0. The van der Waals surface area contributed by atoms with Crippen molar-refractivity contribution in [3.05, 3.63) is 29.6 Å². The van der Waals surface area contributed by atoms with Crippen molar-refractivity contribution < 1.29 is 17.9 Å². The van der Waals surface area contributed by atoms with Gasteiger partial charge in [0.05, 0.1) is 28.7 Å². The Labute approximate surface area is 132 Å². The highest BCUT2D eigenvalue weighted by Crippen LogP contribution is 2.31. The predicted molar refractivity (Wildman–Crippen MR) is 81.1 cm³/mol. The van der Waals surface area contributed by atoms with Crippen LogP contribution in [0.5, 0.6) is 0 Å². The number of hydrogen-bond acceptors (Lipinski definition) is 3. The maximum atomic E-state index is 12.8. The van der Waals surface area contributed by atoms with Gasteiger partial charge in [0.1, 0.15) is 5.82 Å². The van der Waals surface area contributed by atoms with Crippen LogP contribution >= 0.6 is 0 Å². The van der Waals surface area contributed by atoms with Crippen molar-refractivity contribution in [2.45, 2.75) is 38.1 Å². The summed E-state index contributed by atoms with van der Waals surface area (Å²) < 4.78 is 45.8. The van der Waals surface area contributed by atoms with Gasteiger partial charge < -0.3 is 14.6 Å². The van der Waals surface area contributed by atoms with E-state index in [9.17, 15) is 13.2 Å². The Morgan fingerprint density at radius 1 is 1.43 bits per heavy atom. The molecule has 1 N–H and O–H groups in total. The Hall–Kier alpha value is -1.60. The molecule has 2 atom stereocenters. The van der Waals surface area contributed by atoms with Gasteiger partial charge in [-0.2, -0.15) is 13.2 Å². The zero-order chi connectivity index (χ0) is 16.6. The molecule has 3 rings (SSSR count). The average molecular weight is 327 g/mol. The van der Waals surface area contributed by atoms with E-state index >= 15 is 0 Å². The molecule has 0 aliphatic carbocycles. The zero-order valence-electron chi connectivity index (χ0n) is 13.2. The lowest BCUT2D eigenvalue weighted by Crippen LogP contribution is -2.29. The first-order chi connectivity index (χ1) is 10.9. The minimum atomic E-state index is -4.35. The topological polar surface area (TPSA) is 39.1 Å². The Morgan fingerprint density at radius 3 is 2.87 bits per heavy atom. The summed E-state index contributed by atoms with van der Waals surface area (Å²) in [4.78, 5) is 4.39. The summed E-state index contributed by atoms with van der Waals surface area (Å²) in [6.45, 7) is 3.48. The first kappa shape index (κ1) is 16.3. The summed E-state index contributed by atoms with van der Waals surface area (Å²) in [7, 11) is 1.82. The molecule has 0 unspecified atom stereocenters. The number of nitrogens with one attached hydrogen (secondary N) is 1. The molecule has 1 aliphatic rings. The Bertz CT molecular complexity index is 690. The van der Waals surface area contributed by atoms with Crippen LogP contribution in [0.1, 0.15) is 37.2 Å². The molecular formula is C16H20F3N3O. The molecule has 0 saturated carbocycles. The second kappa shape index (κ2) is 6.13. The molecule has 0 bridgehead atoms. The van der Waals surface area contributed by atoms with Gasteiger partial charge in [-0.1, -0.05) is 0 Å². The van der Waals surface area contributed by atoms with Gasteiger partial charge in [-0.25, -0.2) is 4.98 Å². The summed E-state index contributed by atoms with van der Waals surface area (Å²) in [6, 6.07) is 3.61. The van der Waals surface area contributed by atoms with E-state index in [2.05, 4.69) is 10.3 Å². The van der Waals surface area contributed by atoms with Crippen molar-refractivity contribution in [2.75, 3.05) is 13.2 Å². The highest BCUT2D eigenvalue weighted by molar-refractivity contribution is 5.77. The van der Waals surface area contributed by atoms with E-state index in [1.165, 1.54) is 6.07 Å². The molecular weight excluding hydrogens is 307 g/mol. The molecule has 1 aliphatic heterocycles. The normalized spacial score (nSPS) is 20.3. The van der Waals surface area contributed by atoms with E-state index in [0.717, 1.165) is 44.0 Å². The lowest BCUT2D eigenvalue weighted by molar-refractivity contribution is -0.137. The number of alkyl halides is 3. The van der Waals surface area contributed by atoms with Gasteiger partial charge >= 0.3 is 6.18 Å². The van der Waals surface area contributed by atoms with Crippen LogP contribution in [-0.4, -0.2) is 28.8 Å². The van der Waals surface area contributed by atoms with Gasteiger partial charge in [0.25, 0.3) is 0 Å². The zero-order valence-corrected chi connectivity index (χ0v) is 13.2. The fourth-order valence-corrected chi connectivity index (χ4v) is 2.99. The third kappa shape index (κ3) is 3.35. The third-order valence-corrected chi connectivity index (χ3v) is 4.31. The van der Waals surface area contributed by atoms with Crippen LogP contribution in [0.2, 0.25) is 0 Å². The van der Waals surface area contributed by atoms with E-state index in [0.29, 0.717) is 11.0 Å². The van der Waals surface area contributed by atoms with Crippen molar-refractivity contribution in [3.8, 4) is 0 Å². The standard InChI is InChI=1S/C16H20F3N3O/c1-10(20-9-12-4-3-7-23-12)15-21-13-8-11(16(17,18)19)5-6-14(13)22(15)2/h5-6,8,10,12,20H,3-4,7,9H2,1-2H3/t10-,12+/m0/s1. The molecule has 1 fully saturated rings. The molecule has 126 valence electrons.